The highest BCUT2D eigenvalue weighted by molar-refractivity contribution is 5.04. The van der Waals surface area contributed by atoms with E-state index in [1.165, 1.54) is 0 Å². The molecule has 1 N–H and O–H groups in total. The molecule has 0 bridgehead atoms. The largest absolute Gasteiger partial charge is 0.380 e. The molecule has 0 aromatic heterocycles. The Morgan fingerprint density at radius 3 is 2.82 bits per heavy atom. The lowest BCUT2D eigenvalue weighted by Crippen LogP contribution is -2.02. The minimum absolute atomic E-state index is 0.406. The average Bonchev–Trinajstić information content (AvgIpc) is 2.01. The molecule has 0 rings (SSSR count). The zero-order valence-electron chi connectivity index (χ0n) is 7.26. The molecule has 64 valence electrons. The van der Waals surface area contributed by atoms with E-state index in [2.05, 4.69) is 18.8 Å². The van der Waals surface area contributed by atoms with Gasteiger partial charge >= 0.3 is 0 Å². The van der Waals surface area contributed by atoms with Crippen LogP contribution in [-0.4, -0.2) is 24.9 Å². The quantitative estimate of drug-likeness (QED) is 0.619. The van der Waals surface area contributed by atoms with Crippen LogP contribution in [0.15, 0.2) is 0 Å². The van der Waals surface area contributed by atoms with Crippen molar-refractivity contribution in [2.75, 3.05) is 13.7 Å². The highest BCUT2D eigenvalue weighted by atomic mass is 16.5. The molecule has 11 heavy (non-hydrogen) atoms. The van der Waals surface area contributed by atoms with E-state index in [4.69, 9.17) is 4.74 Å². The highest BCUT2D eigenvalue weighted by Gasteiger charge is 1.95. The second-order valence-electron chi connectivity index (χ2n) is 2.41. The van der Waals surface area contributed by atoms with Gasteiger partial charge in [0.05, 0.1) is 0 Å². The third-order valence-corrected chi connectivity index (χ3v) is 1.32. The van der Waals surface area contributed by atoms with Crippen molar-refractivity contribution in [1.29, 1.82) is 0 Å². The molecule has 0 saturated carbocycles. The minimum atomic E-state index is -0.468. The van der Waals surface area contributed by atoms with Gasteiger partial charge in [-0.2, -0.15) is 0 Å². The molecule has 0 radical (unpaired) electrons. The van der Waals surface area contributed by atoms with Gasteiger partial charge in [0.1, 0.15) is 12.7 Å². The minimum Gasteiger partial charge on any atom is -0.380 e. The number of rotatable bonds is 4. The fraction of sp³-hybridized carbons (Fsp3) is 0.778. The monoisotopic (exact) mass is 156 g/mol. The summed E-state index contributed by atoms with van der Waals surface area (Å²) < 4.78 is 4.71. The molecule has 0 amide bonds. The van der Waals surface area contributed by atoms with Crippen LogP contribution in [0, 0.1) is 11.8 Å². The van der Waals surface area contributed by atoms with Gasteiger partial charge in [0.25, 0.3) is 0 Å². The third-order valence-electron chi connectivity index (χ3n) is 1.32. The van der Waals surface area contributed by atoms with Crippen LogP contribution in [0.5, 0.6) is 0 Å². The molecule has 0 aromatic carbocycles. The molecular formula is C9H16O2. The first-order valence-corrected chi connectivity index (χ1v) is 3.96. The van der Waals surface area contributed by atoms with Gasteiger partial charge in [-0.25, -0.2) is 0 Å². The number of aliphatic hydroxyl groups is 1. The normalized spacial score (nSPS) is 11.9. The Balaban J connectivity index is 3.36. The van der Waals surface area contributed by atoms with Crippen LogP contribution >= 0.6 is 0 Å². The molecule has 0 aliphatic carbocycles. The molecule has 1 atom stereocenters. The number of methoxy groups -OCH3 is 1. The van der Waals surface area contributed by atoms with E-state index >= 15 is 0 Å². The summed E-state index contributed by atoms with van der Waals surface area (Å²) >= 11 is 0. The number of aliphatic hydroxyl groups excluding tert-OH is 1. The molecule has 0 fully saturated rings. The van der Waals surface area contributed by atoms with Crippen LogP contribution in [0.25, 0.3) is 0 Å². The average molecular weight is 156 g/mol. The molecule has 0 aromatic rings. The molecule has 0 spiro atoms. The number of ether oxygens (including phenoxy) is 1. The predicted octanol–water partition coefficient (Wildman–Crippen LogP) is 1.19. The van der Waals surface area contributed by atoms with Crippen molar-refractivity contribution >= 4 is 0 Å². The molecule has 0 heterocycles. The van der Waals surface area contributed by atoms with Gasteiger partial charge < -0.3 is 9.84 Å². The van der Waals surface area contributed by atoms with E-state index in [0.717, 1.165) is 19.3 Å². The first kappa shape index (κ1) is 10.5. The van der Waals surface area contributed by atoms with Crippen LogP contribution < -0.4 is 0 Å². The van der Waals surface area contributed by atoms with Crippen molar-refractivity contribution in [2.45, 2.75) is 32.3 Å². The molecule has 2 heteroatoms. The Morgan fingerprint density at radius 1 is 1.55 bits per heavy atom. The lowest BCUT2D eigenvalue weighted by atomic mass is 10.2. The molecule has 0 aliphatic heterocycles. The highest BCUT2D eigenvalue weighted by Crippen LogP contribution is 1.98. The first-order valence-electron chi connectivity index (χ1n) is 3.96. The summed E-state index contributed by atoms with van der Waals surface area (Å²) in [5, 5.41) is 9.18. The standard InChI is InChI=1S/C9H16O2/c1-3-4-6-9(10)7-5-8-11-2/h9-10H,3-4,6,8H2,1-2H3. The second kappa shape index (κ2) is 7.59. The Labute approximate surface area is 68.6 Å². The lowest BCUT2D eigenvalue weighted by molar-refractivity contribution is 0.215. The van der Waals surface area contributed by atoms with E-state index in [0.29, 0.717) is 6.61 Å². The van der Waals surface area contributed by atoms with Gasteiger partial charge in [0.15, 0.2) is 0 Å². The van der Waals surface area contributed by atoms with Crippen molar-refractivity contribution in [1.82, 2.24) is 0 Å². The molecule has 0 saturated heterocycles. The van der Waals surface area contributed by atoms with Gasteiger partial charge in [-0.05, 0) is 6.42 Å². The number of hydrogen-bond acceptors (Lipinski definition) is 2. The van der Waals surface area contributed by atoms with Crippen LogP contribution in [0.3, 0.4) is 0 Å². The van der Waals surface area contributed by atoms with E-state index in [1.807, 2.05) is 0 Å². The lowest BCUT2D eigenvalue weighted by Gasteiger charge is -1.99. The molecule has 2 nitrogen and oxygen atoms in total. The van der Waals surface area contributed by atoms with Gasteiger partial charge in [-0.3, -0.25) is 0 Å². The van der Waals surface area contributed by atoms with Crippen molar-refractivity contribution < 1.29 is 9.84 Å². The maximum absolute atomic E-state index is 9.18. The third kappa shape index (κ3) is 7.38. The van der Waals surface area contributed by atoms with Gasteiger partial charge in [-0.15, -0.1) is 0 Å². The van der Waals surface area contributed by atoms with Crippen molar-refractivity contribution in [3.05, 3.63) is 0 Å². The van der Waals surface area contributed by atoms with Crippen LogP contribution in [0.2, 0.25) is 0 Å². The fourth-order valence-corrected chi connectivity index (χ4v) is 0.701. The van der Waals surface area contributed by atoms with Gasteiger partial charge in [0, 0.05) is 7.11 Å². The zero-order valence-corrected chi connectivity index (χ0v) is 7.26. The topological polar surface area (TPSA) is 29.5 Å². The van der Waals surface area contributed by atoms with E-state index in [1.54, 1.807) is 7.11 Å². The van der Waals surface area contributed by atoms with Crippen LogP contribution in [0.1, 0.15) is 26.2 Å². The Morgan fingerprint density at radius 2 is 2.27 bits per heavy atom. The van der Waals surface area contributed by atoms with E-state index in [9.17, 15) is 5.11 Å². The smallest absolute Gasteiger partial charge is 0.114 e. The summed E-state index contributed by atoms with van der Waals surface area (Å²) in [7, 11) is 1.59. The van der Waals surface area contributed by atoms with Crippen molar-refractivity contribution in [3.8, 4) is 11.8 Å². The Bertz CT molecular complexity index is 132. The summed E-state index contributed by atoms with van der Waals surface area (Å²) in [5.74, 6) is 5.42. The van der Waals surface area contributed by atoms with E-state index in [-0.39, 0.29) is 0 Å². The molecule has 0 aliphatic rings. The van der Waals surface area contributed by atoms with Crippen molar-refractivity contribution in [2.24, 2.45) is 0 Å². The summed E-state index contributed by atoms with van der Waals surface area (Å²) in [6.07, 6.45) is 2.43. The zero-order chi connectivity index (χ0) is 8.53. The van der Waals surface area contributed by atoms with Crippen molar-refractivity contribution in [3.63, 3.8) is 0 Å². The summed E-state index contributed by atoms with van der Waals surface area (Å²) in [4.78, 5) is 0. The summed E-state index contributed by atoms with van der Waals surface area (Å²) in [5.41, 5.74) is 0. The maximum atomic E-state index is 9.18. The summed E-state index contributed by atoms with van der Waals surface area (Å²) in [6.45, 7) is 2.50. The maximum Gasteiger partial charge on any atom is 0.114 e. The van der Waals surface area contributed by atoms with Crippen LogP contribution in [0.4, 0.5) is 0 Å². The fourth-order valence-electron chi connectivity index (χ4n) is 0.701. The van der Waals surface area contributed by atoms with Gasteiger partial charge in [-0.1, -0.05) is 31.6 Å². The number of unbranched alkanes of at least 4 members (excludes halogenated alkanes) is 1. The van der Waals surface area contributed by atoms with Gasteiger partial charge in [0.2, 0.25) is 0 Å². The Hall–Kier alpha value is -0.520. The first-order chi connectivity index (χ1) is 5.31. The molecule has 1 unspecified atom stereocenters. The SMILES string of the molecule is CCCCC(O)C#CCOC. The number of hydrogen-bond donors (Lipinski definition) is 1. The Kier molecular flexibility index (Phi) is 7.23. The second-order valence-corrected chi connectivity index (χ2v) is 2.41. The molecular weight excluding hydrogens is 140 g/mol. The van der Waals surface area contributed by atoms with Crippen LogP contribution in [-0.2, 0) is 4.74 Å². The predicted molar refractivity (Wildman–Crippen MR) is 45.2 cm³/mol. The summed E-state index contributed by atoms with van der Waals surface area (Å²) in [6, 6.07) is 0. The van der Waals surface area contributed by atoms with E-state index < -0.39 is 6.10 Å².